The number of nitrogens with one attached hydrogen (secondary N) is 2. The van der Waals surface area contributed by atoms with Crippen molar-refractivity contribution in [1.29, 1.82) is 0 Å². The van der Waals surface area contributed by atoms with Crippen molar-refractivity contribution < 1.29 is 13.5 Å². The second-order valence-electron chi connectivity index (χ2n) is 5.85. The summed E-state index contributed by atoms with van der Waals surface area (Å²) in [6.45, 7) is 6.75. The molecule has 1 aromatic rings. The maximum absolute atomic E-state index is 13.8. The van der Waals surface area contributed by atoms with Crippen molar-refractivity contribution in [3.63, 3.8) is 0 Å². The van der Waals surface area contributed by atoms with Gasteiger partial charge in [-0.2, -0.15) is 0 Å². The molecule has 1 aromatic heterocycles. The van der Waals surface area contributed by atoms with E-state index in [4.69, 9.17) is 4.74 Å². The van der Waals surface area contributed by atoms with Gasteiger partial charge >= 0.3 is 0 Å². The Morgan fingerprint density at radius 3 is 2.43 bits per heavy atom. The fourth-order valence-electron chi connectivity index (χ4n) is 2.30. The number of aromatic nitrogens is 1. The van der Waals surface area contributed by atoms with Crippen molar-refractivity contribution in [3.05, 3.63) is 17.7 Å². The Bertz CT molecular complexity index is 476. The van der Waals surface area contributed by atoms with Gasteiger partial charge in [-0.25, -0.2) is 13.8 Å². The summed E-state index contributed by atoms with van der Waals surface area (Å²) in [7, 11) is 0. The van der Waals surface area contributed by atoms with E-state index in [1.807, 2.05) is 6.92 Å². The fraction of sp³-hybridized carbons (Fsp3) is 0.667. The average Bonchev–Trinajstić information content (AvgIpc) is 2.46. The molecule has 0 spiro atoms. The van der Waals surface area contributed by atoms with Crippen LogP contribution in [0.4, 0.5) is 20.4 Å². The quantitative estimate of drug-likeness (QED) is 0.845. The van der Waals surface area contributed by atoms with Gasteiger partial charge in [0.25, 0.3) is 0 Å². The minimum atomic E-state index is -0.663. The molecule has 6 heteroatoms. The molecule has 0 aliphatic carbocycles. The normalized spacial score (nSPS) is 17.5. The van der Waals surface area contributed by atoms with Crippen LogP contribution in [0.5, 0.6) is 0 Å². The third-order valence-electron chi connectivity index (χ3n) is 3.85. The van der Waals surface area contributed by atoms with E-state index in [0.717, 1.165) is 38.5 Å². The van der Waals surface area contributed by atoms with Gasteiger partial charge < -0.3 is 15.4 Å². The number of halogens is 2. The van der Waals surface area contributed by atoms with Crippen LogP contribution in [0, 0.1) is 17.0 Å². The van der Waals surface area contributed by atoms with E-state index in [1.165, 1.54) is 0 Å². The summed E-state index contributed by atoms with van der Waals surface area (Å²) in [6, 6.07) is 0.875. The molecule has 1 aliphatic heterocycles. The second-order valence-corrected chi connectivity index (χ2v) is 5.85. The predicted molar refractivity (Wildman–Crippen MR) is 79.6 cm³/mol. The lowest BCUT2D eigenvalue weighted by molar-refractivity contribution is 0.0299. The molecule has 2 rings (SSSR count). The van der Waals surface area contributed by atoms with Crippen LogP contribution in [0.3, 0.4) is 0 Å². The number of nitrogens with zero attached hydrogens (tertiary/aromatic N) is 1. The van der Waals surface area contributed by atoms with Crippen molar-refractivity contribution in [2.75, 3.05) is 36.9 Å². The molecule has 1 saturated heterocycles. The van der Waals surface area contributed by atoms with E-state index in [0.29, 0.717) is 13.1 Å². The Labute approximate surface area is 124 Å². The van der Waals surface area contributed by atoms with Crippen molar-refractivity contribution >= 4 is 11.6 Å². The summed E-state index contributed by atoms with van der Waals surface area (Å²) in [4.78, 5) is 4.02. The topological polar surface area (TPSA) is 46.2 Å². The zero-order valence-electron chi connectivity index (χ0n) is 12.6. The van der Waals surface area contributed by atoms with Gasteiger partial charge in [0.15, 0.2) is 23.3 Å². The van der Waals surface area contributed by atoms with E-state index in [2.05, 4.69) is 22.5 Å². The SMILES string of the molecule is CCCNc1nc(NCC2(C)CCOCC2)c(F)cc1F. The van der Waals surface area contributed by atoms with Gasteiger partial charge in [0, 0.05) is 32.4 Å². The molecule has 4 nitrogen and oxygen atoms in total. The molecule has 0 radical (unpaired) electrons. The van der Waals surface area contributed by atoms with Gasteiger partial charge in [0.05, 0.1) is 0 Å². The van der Waals surface area contributed by atoms with Crippen molar-refractivity contribution in [1.82, 2.24) is 4.98 Å². The van der Waals surface area contributed by atoms with Crippen LogP contribution in [0.1, 0.15) is 33.1 Å². The van der Waals surface area contributed by atoms with E-state index in [-0.39, 0.29) is 17.1 Å². The lowest BCUT2D eigenvalue weighted by atomic mass is 9.82. The lowest BCUT2D eigenvalue weighted by Crippen LogP contribution is -2.33. The van der Waals surface area contributed by atoms with Gasteiger partial charge in [0.2, 0.25) is 0 Å². The highest BCUT2D eigenvalue weighted by molar-refractivity contribution is 5.47. The van der Waals surface area contributed by atoms with E-state index < -0.39 is 11.6 Å². The highest BCUT2D eigenvalue weighted by atomic mass is 19.1. The highest BCUT2D eigenvalue weighted by Crippen LogP contribution is 2.30. The van der Waals surface area contributed by atoms with Crippen molar-refractivity contribution in [2.45, 2.75) is 33.1 Å². The van der Waals surface area contributed by atoms with Crippen LogP contribution < -0.4 is 10.6 Å². The van der Waals surface area contributed by atoms with Gasteiger partial charge in [0.1, 0.15) is 0 Å². The number of hydrogen-bond acceptors (Lipinski definition) is 4. The molecule has 0 aromatic carbocycles. The zero-order chi connectivity index (χ0) is 15.3. The smallest absolute Gasteiger partial charge is 0.168 e. The Balaban J connectivity index is 2.04. The molecule has 1 aliphatic rings. The first-order chi connectivity index (χ1) is 10.0. The molecule has 2 N–H and O–H groups in total. The fourth-order valence-corrected chi connectivity index (χ4v) is 2.30. The molecular weight excluding hydrogens is 276 g/mol. The molecular formula is C15H23F2N3O. The third-order valence-corrected chi connectivity index (χ3v) is 3.85. The predicted octanol–water partition coefficient (Wildman–Crippen LogP) is 3.41. The molecule has 1 fully saturated rings. The van der Waals surface area contributed by atoms with E-state index >= 15 is 0 Å². The minimum absolute atomic E-state index is 0.0533. The van der Waals surface area contributed by atoms with Gasteiger partial charge in [-0.1, -0.05) is 13.8 Å². The van der Waals surface area contributed by atoms with Crippen molar-refractivity contribution in [3.8, 4) is 0 Å². The number of rotatable bonds is 6. The Kier molecular flexibility index (Phi) is 5.33. The Morgan fingerprint density at radius 1 is 1.19 bits per heavy atom. The lowest BCUT2D eigenvalue weighted by Gasteiger charge is -2.33. The van der Waals surface area contributed by atoms with Crippen LogP contribution >= 0.6 is 0 Å². The molecule has 0 unspecified atom stereocenters. The summed E-state index contributed by atoms with van der Waals surface area (Å²) in [5, 5.41) is 5.88. The van der Waals surface area contributed by atoms with Crippen LogP contribution in [0.15, 0.2) is 6.07 Å². The van der Waals surface area contributed by atoms with Crippen LogP contribution in [0.25, 0.3) is 0 Å². The summed E-state index contributed by atoms with van der Waals surface area (Å²) >= 11 is 0. The third kappa shape index (κ3) is 4.27. The molecule has 2 heterocycles. The van der Waals surface area contributed by atoms with Crippen LogP contribution in [-0.2, 0) is 4.74 Å². The first-order valence-electron chi connectivity index (χ1n) is 7.45. The summed E-state index contributed by atoms with van der Waals surface area (Å²) < 4.78 is 32.8. The number of anilines is 2. The van der Waals surface area contributed by atoms with Crippen LogP contribution in [-0.4, -0.2) is 31.3 Å². The number of pyridine rings is 1. The standard InChI is InChI=1S/C15H23F2N3O/c1-3-6-18-13-11(16)9-12(17)14(20-13)19-10-15(2)4-7-21-8-5-15/h9H,3-8,10H2,1-2H3,(H2,18,19,20). The molecule has 118 valence electrons. The first-order valence-corrected chi connectivity index (χ1v) is 7.45. The largest absolute Gasteiger partial charge is 0.381 e. The highest BCUT2D eigenvalue weighted by Gasteiger charge is 2.27. The minimum Gasteiger partial charge on any atom is -0.381 e. The zero-order valence-corrected chi connectivity index (χ0v) is 12.6. The monoisotopic (exact) mass is 299 g/mol. The van der Waals surface area contributed by atoms with Crippen LogP contribution in [0.2, 0.25) is 0 Å². The number of hydrogen-bond donors (Lipinski definition) is 2. The molecule has 0 bridgehead atoms. The van der Waals surface area contributed by atoms with Gasteiger partial charge in [-0.05, 0) is 24.7 Å². The first kappa shape index (κ1) is 15.9. The number of ether oxygens (including phenoxy) is 1. The van der Waals surface area contributed by atoms with Gasteiger partial charge in [-0.15, -0.1) is 0 Å². The van der Waals surface area contributed by atoms with Crippen molar-refractivity contribution in [2.24, 2.45) is 5.41 Å². The van der Waals surface area contributed by atoms with E-state index in [1.54, 1.807) is 0 Å². The molecule has 0 atom stereocenters. The maximum atomic E-state index is 13.8. The molecule has 0 amide bonds. The second kappa shape index (κ2) is 7.02. The summed E-state index contributed by atoms with van der Waals surface area (Å²) in [6.07, 6.45) is 2.69. The summed E-state index contributed by atoms with van der Waals surface area (Å²) in [5.74, 6) is -1.13. The Morgan fingerprint density at radius 2 is 1.81 bits per heavy atom. The summed E-state index contributed by atoms with van der Waals surface area (Å²) in [5.41, 5.74) is 0.0533. The van der Waals surface area contributed by atoms with Gasteiger partial charge in [-0.3, -0.25) is 0 Å². The average molecular weight is 299 g/mol. The molecule has 0 saturated carbocycles. The van der Waals surface area contributed by atoms with E-state index in [9.17, 15) is 8.78 Å². The Hall–Kier alpha value is -1.43. The molecule has 21 heavy (non-hydrogen) atoms. The maximum Gasteiger partial charge on any atom is 0.168 e.